The predicted molar refractivity (Wildman–Crippen MR) is 86.4 cm³/mol. The fourth-order valence-corrected chi connectivity index (χ4v) is 2.66. The second kappa shape index (κ2) is 7.09. The minimum atomic E-state index is -0.498. The zero-order valence-electron chi connectivity index (χ0n) is 12.6. The number of aromatic nitrogens is 2. The molecule has 0 fully saturated rings. The molecule has 0 amide bonds. The van der Waals surface area contributed by atoms with Crippen LogP contribution in [-0.4, -0.2) is 14.9 Å². The highest BCUT2D eigenvalue weighted by Crippen LogP contribution is 2.29. The Bertz CT molecular complexity index is 610. The Morgan fingerprint density at radius 2 is 2.05 bits per heavy atom. The quantitative estimate of drug-likeness (QED) is 0.854. The molecule has 114 valence electrons. The number of aliphatic hydroxyl groups excluding tert-OH is 1. The fraction of sp³-hybridized carbons (Fsp3) is 0.438. The molecule has 0 aliphatic carbocycles. The summed E-state index contributed by atoms with van der Waals surface area (Å²) in [7, 11) is 0. The molecule has 2 rings (SSSR count). The number of halogens is 1. The molecule has 4 nitrogen and oxygen atoms in total. The van der Waals surface area contributed by atoms with Gasteiger partial charge in [-0.05, 0) is 42.3 Å². The van der Waals surface area contributed by atoms with Gasteiger partial charge >= 0.3 is 0 Å². The maximum absolute atomic E-state index is 10.1. The summed E-state index contributed by atoms with van der Waals surface area (Å²) in [5, 5.41) is 14.5. The van der Waals surface area contributed by atoms with Gasteiger partial charge in [0.25, 0.3) is 0 Å². The van der Waals surface area contributed by atoms with Gasteiger partial charge in [0, 0.05) is 12.1 Å². The van der Waals surface area contributed by atoms with E-state index < -0.39 is 6.10 Å². The van der Waals surface area contributed by atoms with Crippen molar-refractivity contribution in [1.29, 1.82) is 0 Å². The molecule has 0 radical (unpaired) electrons. The van der Waals surface area contributed by atoms with E-state index in [4.69, 9.17) is 4.74 Å². The zero-order chi connectivity index (χ0) is 15.4. The van der Waals surface area contributed by atoms with Crippen LogP contribution in [0.4, 0.5) is 0 Å². The summed E-state index contributed by atoms with van der Waals surface area (Å²) < 4.78 is 8.84. The molecule has 1 heterocycles. The van der Waals surface area contributed by atoms with E-state index in [0.29, 0.717) is 13.0 Å². The SMILES string of the molecule is CCC(O)c1ccccc1OCc1c(Br)c(C)nn1CC. The molecule has 1 aromatic carbocycles. The third kappa shape index (κ3) is 3.47. The lowest BCUT2D eigenvalue weighted by molar-refractivity contribution is 0.166. The van der Waals surface area contributed by atoms with E-state index in [9.17, 15) is 5.11 Å². The highest BCUT2D eigenvalue weighted by Gasteiger charge is 2.15. The molecular formula is C16H21BrN2O2. The number of hydrogen-bond donors (Lipinski definition) is 1. The number of ether oxygens (including phenoxy) is 1. The van der Waals surface area contributed by atoms with Crippen LogP contribution >= 0.6 is 15.9 Å². The normalized spacial score (nSPS) is 12.4. The van der Waals surface area contributed by atoms with Gasteiger partial charge in [0.05, 0.1) is 22.0 Å². The predicted octanol–water partition coefficient (Wildman–Crippen LogP) is 4.00. The summed E-state index contributed by atoms with van der Waals surface area (Å²) in [5.41, 5.74) is 2.79. The van der Waals surface area contributed by atoms with Gasteiger partial charge in [-0.15, -0.1) is 0 Å². The maximum atomic E-state index is 10.1. The number of hydrogen-bond acceptors (Lipinski definition) is 3. The number of benzene rings is 1. The van der Waals surface area contributed by atoms with Crippen LogP contribution in [-0.2, 0) is 13.2 Å². The second-order valence-electron chi connectivity index (χ2n) is 4.91. The van der Waals surface area contributed by atoms with Gasteiger partial charge in [0.15, 0.2) is 0 Å². The summed E-state index contributed by atoms with van der Waals surface area (Å²) >= 11 is 3.56. The van der Waals surface area contributed by atoms with Crippen LogP contribution in [0.15, 0.2) is 28.7 Å². The lowest BCUT2D eigenvalue weighted by atomic mass is 10.1. The van der Waals surface area contributed by atoms with E-state index in [2.05, 4.69) is 28.0 Å². The third-order valence-electron chi connectivity index (χ3n) is 3.48. The van der Waals surface area contributed by atoms with E-state index in [1.54, 1.807) is 0 Å². The number of rotatable bonds is 6. The summed E-state index contributed by atoms with van der Waals surface area (Å²) in [4.78, 5) is 0. The molecule has 1 aromatic heterocycles. The molecule has 5 heteroatoms. The molecule has 0 aliphatic heterocycles. The Labute approximate surface area is 133 Å². The Hall–Kier alpha value is -1.33. The molecule has 0 bridgehead atoms. The van der Waals surface area contributed by atoms with E-state index in [1.165, 1.54) is 0 Å². The van der Waals surface area contributed by atoms with Crippen LogP contribution in [0.1, 0.15) is 43.3 Å². The molecule has 0 saturated heterocycles. The van der Waals surface area contributed by atoms with Gasteiger partial charge in [-0.2, -0.15) is 5.10 Å². The Kier molecular flexibility index (Phi) is 5.42. The maximum Gasteiger partial charge on any atom is 0.131 e. The Balaban J connectivity index is 2.21. The number of aliphatic hydroxyl groups is 1. The second-order valence-corrected chi connectivity index (χ2v) is 5.71. The summed E-state index contributed by atoms with van der Waals surface area (Å²) in [6.07, 6.45) is 0.165. The van der Waals surface area contributed by atoms with E-state index in [0.717, 1.165) is 33.7 Å². The first-order valence-corrected chi connectivity index (χ1v) is 7.99. The van der Waals surface area contributed by atoms with Crippen molar-refractivity contribution < 1.29 is 9.84 Å². The molecule has 1 unspecified atom stereocenters. The first-order chi connectivity index (χ1) is 10.1. The van der Waals surface area contributed by atoms with Crippen molar-refractivity contribution in [3.63, 3.8) is 0 Å². The van der Waals surface area contributed by atoms with Crippen LogP contribution in [0.2, 0.25) is 0 Å². The Morgan fingerprint density at radius 3 is 2.71 bits per heavy atom. The smallest absolute Gasteiger partial charge is 0.131 e. The monoisotopic (exact) mass is 352 g/mol. The van der Waals surface area contributed by atoms with Crippen molar-refractivity contribution in [2.24, 2.45) is 0 Å². The zero-order valence-corrected chi connectivity index (χ0v) is 14.2. The third-order valence-corrected chi connectivity index (χ3v) is 4.51. The number of aryl methyl sites for hydroxylation is 2. The molecule has 0 aliphatic rings. The van der Waals surface area contributed by atoms with Gasteiger partial charge < -0.3 is 9.84 Å². The van der Waals surface area contributed by atoms with Crippen LogP contribution < -0.4 is 4.74 Å². The molecule has 1 atom stereocenters. The molecule has 0 saturated carbocycles. The molecule has 21 heavy (non-hydrogen) atoms. The van der Waals surface area contributed by atoms with Crippen LogP contribution in [0, 0.1) is 6.92 Å². The first kappa shape index (κ1) is 16.0. The minimum absolute atomic E-state index is 0.419. The van der Waals surface area contributed by atoms with Crippen molar-refractivity contribution in [3.05, 3.63) is 45.7 Å². The van der Waals surface area contributed by atoms with E-state index in [1.807, 2.05) is 42.8 Å². The fourth-order valence-electron chi connectivity index (χ4n) is 2.26. The van der Waals surface area contributed by atoms with Gasteiger partial charge in [-0.3, -0.25) is 4.68 Å². The van der Waals surface area contributed by atoms with Crippen LogP contribution in [0.25, 0.3) is 0 Å². The average molecular weight is 353 g/mol. The van der Waals surface area contributed by atoms with Gasteiger partial charge in [-0.25, -0.2) is 0 Å². The van der Waals surface area contributed by atoms with Gasteiger partial charge in [0.1, 0.15) is 12.4 Å². The molecule has 0 spiro atoms. The van der Waals surface area contributed by atoms with Crippen molar-refractivity contribution in [1.82, 2.24) is 9.78 Å². The van der Waals surface area contributed by atoms with Crippen molar-refractivity contribution >= 4 is 15.9 Å². The standard InChI is InChI=1S/C16H21BrN2O2/c1-4-14(20)12-8-6-7-9-15(12)21-10-13-16(17)11(3)18-19(13)5-2/h6-9,14,20H,4-5,10H2,1-3H3. The van der Waals surface area contributed by atoms with Gasteiger partial charge in [-0.1, -0.05) is 25.1 Å². The summed E-state index contributed by atoms with van der Waals surface area (Å²) in [5.74, 6) is 0.722. The van der Waals surface area contributed by atoms with Crippen LogP contribution in [0.5, 0.6) is 5.75 Å². The lowest BCUT2D eigenvalue weighted by Crippen LogP contribution is -2.08. The van der Waals surface area contributed by atoms with E-state index >= 15 is 0 Å². The number of para-hydroxylation sites is 1. The van der Waals surface area contributed by atoms with Crippen molar-refractivity contribution in [2.75, 3.05) is 0 Å². The summed E-state index contributed by atoms with van der Waals surface area (Å²) in [6.45, 7) is 7.19. The van der Waals surface area contributed by atoms with Gasteiger partial charge in [0.2, 0.25) is 0 Å². The minimum Gasteiger partial charge on any atom is -0.487 e. The highest BCUT2D eigenvalue weighted by molar-refractivity contribution is 9.10. The first-order valence-electron chi connectivity index (χ1n) is 7.20. The van der Waals surface area contributed by atoms with Crippen LogP contribution in [0.3, 0.4) is 0 Å². The molecular weight excluding hydrogens is 332 g/mol. The van der Waals surface area contributed by atoms with Crippen molar-refractivity contribution in [2.45, 2.75) is 46.4 Å². The van der Waals surface area contributed by atoms with E-state index in [-0.39, 0.29) is 0 Å². The number of nitrogens with zero attached hydrogens (tertiary/aromatic N) is 2. The molecule has 1 N–H and O–H groups in total. The highest BCUT2D eigenvalue weighted by atomic mass is 79.9. The lowest BCUT2D eigenvalue weighted by Gasteiger charge is -2.15. The Morgan fingerprint density at radius 1 is 1.33 bits per heavy atom. The largest absolute Gasteiger partial charge is 0.487 e. The average Bonchev–Trinajstić information content (AvgIpc) is 2.79. The topological polar surface area (TPSA) is 47.3 Å². The van der Waals surface area contributed by atoms with Crippen molar-refractivity contribution in [3.8, 4) is 5.75 Å². The molecule has 2 aromatic rings. The summed E-state index contributed by atoms with van der Waals surface area (Å²) in [6, 6.07) is 7.62.